The first-order valence-electron chi connectivity index (χ1n) is 7.64. The Bertz CT molecular complexity index is 724. The van der Waals surface area contributed by atoms with Gasteiger partial charge in [-0.2, -0.15) is 0 Å². The fourth-order valence-electron chi connectivity index (χ4n) is 2.59. The van der Waals surface area contributed by atoms with Gasteiger partial charge in [-0.15, -0.1) is 0 Å². The fraction of sp³-hybridized carbons (Fsp3) is 0.211. The number of nitrogens with one attached hydrogen (secondary N) is 1. The van der Waals surface area contributed by atoms with Crippen molar-refractivity contribution in [2.45, 2.75) is 19.8 Å². The highest BCUT2D eigenvalue weighted by Crippen LogP contribution is 2.36. The second-order valence-corrected chi connectivity index (χ2v) is 5.33. The average Bonchev–Trinajstić information content (AvgIpc) is 3.16. The fourth-order valence-corrected chi connectivity index (χ4v) is 2.59. The topological polar surface area (TPSA) is 42.2 Å². The van der Waals surface area contributed by atoms with E-state index in [1.807, 2.05) is 48.6 Å². The van der Waals surface area contributed by atoms with Crippen molar-refractivity contribution in [3.63, 3.8) is 0 Å². The van der Waals surface area contributed by atoms with E-state index in [0.717, 1.165) is 40.9 Å². The van der Waals surface area contributed by atoms with Crippen molar-refractivity contribution < 1.29 is 9.21 Å². The van der Waals surface area contributed by atoms with Crippen LogP contribution in [0.1, 0.15) is 36.7 Å². The van der Waals surface area contributed by atoms with Crippen molar-refractivity contribution in [3.8, 4) is 0 Å². The molecule has 0 bridgehead atoms. The lowest BCUT2D eigenvalue weighted by Crippen LogP contribution is -2.24. The van der Waals surface area contributed by atoms with Gasteiger partial charge in [0.2, 0.25) is 0 Å². The standard InChI is InChI=1S/C19H19NO2/c1-2-3-10-20-19(21)18-13-14(12-15-7-6-11-22-15)16-8-4-5-9-17(16)18/h4-9,11-13H,2-3,10H2,1H3,(H,20,21)/b14-12+. The van der Waals surface area contributed by atoms with Crippen LogP contribution in [-0.2, 0) is 4.79 Å². The molecule has 3 heteroatoms. The summed E-state index contributed by atoms with van der Waals surface area (Å²) in [7, 11) is 0. The van der Waals surface area contributed by atoms with Gasteiger partial charge in [0.05, 0.1) is 6.26 Å². The zero-order valence-electron chi connectivity index (χ0n) is 12.6. The molecule has 3 rings (SSSR count). The summed E-state index contributed by atoms with van der Waals surface area (Å²) in [6, 6.07) is 11.7. The van der Waals surface area contributed by atoms with Gasteiger partial charge in [0.1, 0.15) is 5.76 Å². The minimum Gasteiger partial charge on any atom is -0.465 e. The Morgan fingerprint density at radius 1 is 1.18 bits per heavy atom. The third-order valence-electron chi connectivity index (χ3n) is 3.73. The summed E-state index contributed by atoms with van der Waals surface area (Å²) in [6.45, 7) is 2.83. The lowest BCUT2D eigenvalue weighted by molar-refractivity contribution is -0.115. The Hall–Kier alpha value is -2.55. The number of carbonyl (C=O) groups is 1. The first-order valence-corrected chi connectivity index (χ1v) is 7.64. The molecule has 0 atom stereocenters. The van der Waals surface area contributed by atoms with E-state index < -0.39 is 0 Å². The van der Waals surface area contributed by atoms with Gasteiger partial charge in [-0.25, -0.2) is 0 Å². The smallest absolute Gasteiger partial charge is 0.251 e. The van der Waals surface area contributed by atoms with Crippen molar-refractivity contribution in [2.24, 2.45) is 0 Å². The lowest BCUT2D eigenvalue weighted by Gasteiger charge is -2.06. The summed E-state index contributed by atoms with van der Waals surface area (Å²) < 4.78 is 5.38. The van der Waals surface area contributed by atoms with Crippen LogP contribution in [0.15, 0.2) is 53.2 Å². The predicted molar refractivity (Wildman–Crippen MR) is 88.9 cm³/mol. The molecule has 1 N–H and O–H groups in total. The molecule has 1 aromatic carbocycles. The highest BCUT2D eigenvalue weighted by Gasteiger charge is 2.22. The minimum absolute atomic E-state index is 0.0104. The summed E-state index contributed by atoms with van der Waals surface area (Å²) in [5, 5.41) is 2.99. The van der Waals surface area contributed by atoms with Gasteiger partial charge >= 0.3 is 0 Å². The molecule has 1 aliphatic rings. The van der Waals surface area contributed by atoms with E-state index in [9.17, 15) is 4.79 Å². The van der Waals surface area contributed by atoms with Crippen LogP contribution in [0.25, 0.3) is 17.2 Å². The molecule has 0 aliphatic heterocycles. The number of benzene rings is 1. The number of allylic oxidation sites excluding steroid dienone is 2. The van der Waals surface area contributed by atoms with E-state index >= 15 is 0 Å². The molecule has 22 heavy (non-hydrogen) atoms. The van der Waals surface area contributed by atoms with E-state index in [0.29, 0.717) is 6.54 Å². The van der Waals surface area contributed by atoms with Gasteiger partial charge in [-0.3, -0.25) is 4.79 Å². The summed E-state index contributed by atoms with van der Waals surface area (Å²) >= 11 is 0. The molecule has 0 radical (unpaired) electrons. The highest BCUT2D eigenvalue weighted by molar-refractivity contribution is 6.26. The second-order valence-electron chi connectivity index (χ2n) is 5.33. The van der Waals surface area contributed by atoms with Crippen LogP contribution in [-0.4, -0.2) is 12.5 Å². The molecular formula is C19H19NO2. The van der Waals surface area contributed by atoms with Crippen LogP contribution < -0.4 is 5.32 Å². The Morgan fingerprint density at radius 3 is 2.73 bits per heavy atom. The molecule has 2 aromatic rings. The predicted octanol–water partition coefficient (Wildman–Crippen LogP) is 4.13. The van der Waals surface area contributed by atoms with Crippen LogP contribution in [0.2, 0.25) is 0 Å². The average molecular weight is 293 g/mol. The van der Waals surface area contributed by atoms with Gasteiger partial charge in [0.25, 0.3) is 5.91 Å². The second kappa shape index (κ2) is 6.48. The Labute approximate surface area is 130 Å². The maximum Gasteiger partial charge on any atom is 0.251 e. The Morgan fingerprint density at radius 2 is 2.00 bits per heavy atom. The van der Waals surface area contributed by atoms with Crippen molar-refractivity contribution in [2.75, 3.05) is 6.54 Å². The Kier molecular flexibility index (Phi) is 4.24. The monoisotopic (exact) mass is 293 g/mol. The molecular weight excluding hydrogens is 274 g/mol. The number of furan rings is 1. The normalized spacial score (nSPS) is 14.8. The minimum atomic E-state index is -0.0104. The van der Waals surface area contributed by atoms with Crippen molar-refractivity contribution in [3.05, 3.63) is 65.6 Å². The molecule has 1 aromatic heterocycles. The lowest BCUT2D eigenvalue weighted by atomic mass is 10.0. The quantitative estimate of drug-likeness (QED) is 0.842. The van der Waals surface area contributed by atoms with Crippen molar-refractivity contribution in [1.82, 2.24) is 5.32 Å². The molecule has 0 saturated carbocycles. The van der Waals surface area contributed by atoms with Gasteiger partial charge < -0.3 is 9.73 Å². The van der Waals surface area contributed by atoms with Crippen LogP contribution in [0.4, 0.5) is 0 Å². The highest BCUT2D eigenvalue weighted by atomic mass is 16.3. The summed E-state index contributed by atoms with van der Waals surface area (Å²) in [6.07, 6.45) is 7.62. The molecule has 1 amide bonds. The van der Waals surface area contributed by atoms with Crippen molar-refractivity contribution >= 4 is 23.1 Å². The number of hydrogen-bond acceptors (Lipinski definition) is 2. The SMILES string of the molecule is CCCCNC(=O)C1=C/C(=C\c2ccco2)c2ccccc21. The van der Waals surface area contributed by atoms with E-state index in [2.05, 4.69) is 12.2 Å². The first kappa shape index (κ1) is 14.4. The van der Waals surface area contributed by atoms with Gasteiger partial charge in [0, 0.05) is 12.1 Å². The molecule has 1 heterocycles. The summed E-state index contributed by atoms with van der Waals surface area (Å²) in [5.41, 5.74) is 3.78. The third-order valence-corrected chi connectivity index (χ3v) is 3.73. The van der Waals surface area contributed by atoms with Crippen LogP contribution in [0.5, 0.6) is 0 Å². The number of amides is 1. The van der Waals surface area contributed by atoms with E-state index in [4.69, 9.17) is 4.42 Å². The Balaban J connectivity index is 1.91. The van der Waals surface area contributed by atoms with Gasteiger partial charge in [0.15, 0.2) is 0 Å². The van der Waals surface area contributed by atoms with Crippen molar-refractivity contribution in [1.29, 1.82) is 0 Å². The molecule has 112 valence electrons. The van der Waals surface area contributed by atoms with E-state index in [-0.39, 0.29) is 5.91 Å². The largest absolute Gasteiger partial charge is 0.465 e. The number of rotatable bonds is 5. The number of unbranched alkanes of at least 4 members (excludes halogenated alkanes) is 1. The molecule has 0 saturated heterocycles. The van der Waals surface area contributed by atoms with E-state index in [1.165, 1.54) is 0 Å². The number of fused-ring (bicyclic) bond motifs is 1. The van der Waals surface area contributed by atoms with Crippen LogP contribution in [0, 0.1) is 0 Å². The molecule has 0 unspecified atom stereocenters. The summed E-state index contributed by atoms with van der Waals surface area (Å²) in [5.74, 6) is 0.775. The molecule has 1 aliphatic carbocycles. The maximum absolute atomic E-state index is 12.4. The number of carbonyl (C=O) groups excluding carboxylic acids is 1. The maximum atomic E-state index is 12.4. The zero-order chi connectivity index (χ0) is 15.4. The zero-order valence-corrected chi connectivity index (χ0v) is 12.6. The van der Waals surface area contributed by atoms with Crippen LogP contribution >= 0.6 is 0 Å². The molecule has 3 nitrogen and oxygen atoms in total. The molecule has 0 fully saturated rings. The summed E-state index contributed by atoms with van der Waals surface area (Å²) in [4.78, 5) is 12.4. The van der Waals surface area contributed by atoms with Crippen LogP contribution in [0.3, 0.4) is 0 Å². The first-order chi connectivity index (χ1) is 10.8. The van der Waals surface area contributed by atoms with Gasteiger partial charge in [-0.05, 0) is 47.4 Å². The number of hydrogen-bond donors (Lipinski definition) is 1. The van der Waals surface area contributed by atoms with E-state index in [1.54, 1.807) is 6.26 Å². The molecule has 0 spiro atoms. The van der Waals surface area contributed by atoms with Gasteiger partial charge in [-0.1, -0.05) is 37.6 Å². The third kappa shape index (κ3) is 2.89.